The second-order valence-corrected chi connectivity index (χ2v) is 17.2. The minimum Gasteiger partial charge on any atom is -0.497 e. The molecule has 0 radical (unpaired) electrons. The minimum absolute atomic E-state index is 0.000548. The molecular formula is C46H59N8O9P. The summed E-state index contributed by atoms with van der Waals surface area (Å²) < 4.78 is 55.3. The predicted molar refractivity (Wildman–Crippen MR) is 244 cm³/mol. The molecule has 18 heteroatoms. The van der Waals surface area contributed by atoms with Gasteiger partial charge in [0, 0.05) is 33.3 Å². The first-order valence-corrected chi connectivity index (χ1v) is 22.3. The van der Waals surface area contributed by atoms with Gasteiger partial charge >= 0.3 is 0 Å². The Bertz CT molecular complexity index is 2300. The summed E-state index contributed by atoms with van der Waals surface area (Å²) in [5.41, 5.74) is 1.16. The van der Waals surface area contributed by atoms with E-state index in [4.69, 9.17) is 42.5 Å². The van der Waals surface area contributed by atoms with Crippen LogP contribution in [-0.2, 0) is 33.6 Å². The summed E-state index contributed by atoms with van der Waals surface area (Å²) in [4.78, 5) is 31.4. The molecule has 6 rings (SSSR count). The lowest BCUT2D eigenvalue weighted by Gasteiger charge is -2.39. The van der Waals surface area contributed by atoms with Crippen LogP contribution in [0.15, 0.2) is 95.0 Å². The lowest BCUT2D eigenvalue weighted by molar-refractivity contribution is -0.0966. The molecule has 0 bridgehead atoms. The van der Waals surface area contributed by atoms with E-state index in [0.717, 1.165) is 16.7 Å². The number of aromatic amines is 1. The third-order valence-electron chi connectivity index (χ3n) is 10.5. The summed E-state index contributed by atoms with van der Waals surface area (Å²) >= 11 is 0. The van der Waals surface area contributed by atoms with Crippen LogP contribution < -0.4 is 15.0 Å². The molecule has 0 spiro atoms. The third-order valence-corrected chi connectivity index (χ3v) is 12.6. The lowest BCUT2D eigenvalue weighted by atomic mass is 9.80. The number of nitrogens with zero attached hydrogens (tertiary/aromatic N) is 7. The molecule has 1 unspecified atom stereocenters. The van der Waals surface area contributed by atoms with Gasteiger partial charge in [-0.05, 0) is 68.7 Å². The van der Waals surface area contributed by atoms with Gasteiger partial charge in [-0.3, -0.25) is 14.3 Å². The van der Waals surface area contributed by atoms with Gasteiger partial charge in [-0.2, -0.15) is 10.2 Å². The number of nitrogens with one attached hydrogen (secondary N) is 1. The topological polar surface area (TPSA) is 180 Å². The van der Waals surface area contributed by atoms with Crippen molar-refractivity contribution in [3.8, 4) is 17.6 Å². The maximum absolute atomic E-state index is 13.4. The van der Waals surface area contributed by atoms with Gasteiger partial charge in [0.2, 0.25) is 5.95 Å². The number of ether oxygens (including phenoxy) is 6. The third kappa shape index (κ3) is 11.0. The quantitative estimate of drug-likeness (QED) is 0.0234. The van der Waals surface area contributed by atoms with E-state index in [1.165, 1.54) is 6.33 Å². The molecule has 17 nitrogen and oxygen atoms in total. The fourth-order valence-electron chi connectivity index (χ4n) is 7.65. The van der Waals surface area contributed by atoms with Crippen molar-refractivity contribution in [2.75, 3.05) is 61.9 Å². The number of methoxy groups -OCH3 is 3. The molecule has 5 aromatic rings. The van der Waals surface area contributed by atoms with Gasteiger partial charge in [-0.25, -0.2) is 14.6 Å². The molecule has 1 N–H and O–H groups in total. The molecule has 64 heavy (non-hydrogen) atoms. The molecule has 1 fully saturated rings. The highest BCUT2D eigenvalue weighted by Crippen LogP contribution is 2.51. The molecule has 1 aliphatic heterocycles. The Balaban J connectivity index is 1.53. The van der Waals surface area contributed by atoms with Gasteiger partial charge in [0.25, 0.3) is 14.1 Å². The number of H-pyrrole nitrogens is 1. The molecule has 0 saturated carbocycles. The number of fused-ring (bicyclic) bond motifs is 1. The van der Waals surface area contributed by atoms with Crippen molar-refractivity contribution in [2.24, 2.45) is 4.99 Å². The summed E-state index contributed by atoms with van der Waals surface area (Å²) in [5, 5.41) is 9.53. The highest BCUT2D eigenvalue weighted by atomic mass is 31.2. The summed E-state index contributed by atoms with van der Waals surface area (Å²) in [7, 11) is 6.66. The van der Waals surface area contributed by atoms with Gasteiger partial charge < -0.3 is 42.4 Å². The summed E-state index contributed by atoms with van der Waals surface area (Å²) in [6.45, 7) is 8.84. The summed E-state index contributed by atoms with van der Waals surface area (Å²) in [6.07, 6.45) is -0.285. The first-order valence-electron chi connectivity index (χ1n) is 21.1. The van der Waals surface area contributed by atoms with Crippen molar-refractivity contribution < 1.29 is 37.5 Å². The van der Waals surface area contributed by atoms with Gasteiger partial charge in [-0.1, -0.05) is 54.6 Å². The number of nitriles is 1. The molecule has 342 valence electrons. The molecule has 2 aromatic heterocycles. The van der Waals surface area contributed by atoms with Crippen LogP contribution in [0.1, 0.15) is 57.0 Å². The summed E-state index contributed by atoms with van der Waals surface area (Å²) in [5.74, 6) is 1.46. The monoisotopic (exact) mass is 898 g/mol. The van der Waals surface area contributed by atoms with Crippen molar-refractivity contribution in [1.29, 1.82) is 5.26 Å². The van der Waals surface area contributed by atoms with Gasteiger partial charge in [0.15, 0.2) is 17.4 Å². The Morgan fingerprint density at radius 1 is 0.906 bits per heavy atom. The van der Waals surface area contributed by atoms with Crippen LogP contribution in [0, 0.1) is 11.3 Å². The normalized spacial score (nSPS) is 18.4. The van der Waals surface area contributed by atoms with E-state index in [0.29, 0.717) is 11.5 Å². The van der Waals surface area contributed by atoms with E-state index >= 15 is 0 Å². The molecule has 1 aliphatic rings. The molecule has 5 atom stereocenters. The van der Waals surface area contributed by atoms with Crippen LogP contribution in [-0.4, -0.2) is 128 Å². The van der Waals surface area contributed by atoms with Crippen molar-refractivity contribution in [2.45, 2.75) is 76.3 Å². The number of hydrogen-bond acceptors (Lipinski definition) is 14. The van der Waals surface area contributed by atoms with Crippen molar-refractivity contribution in [1.82, 2.24) is 29.1 Å². The van der Waals surface area contributed by atoms with E-state index < -0.39 is 44.2 Å². The lowest BCUT2D eigenvalue weighted by Crippen LogP contribution is -2.43. The average molecular weight is 899 g/mol. The Morgan fingerprint density at radius 2 is 1.53 bits per heavy atom. The molecular weight excluding hydrogens is 840 g/mol. The van der Waals surface area contributed by atoms with E-state index in [1.807, 2.05) is 93.0 Å². The average Bonchev–Trinajstić information content (AvgIpc) is 3.87. The van der Waals surface area contributed by atoms with Crippen LogP contribution in [0.25, 0.3) is 11.2 Å². The molecule has 0 aliphatic carbocycles. The Kier molecular flexibility index (Phi) is 17.0. The molecule has 3 aromatic carbocycles. The summed E-state index contributed by atoms with van der Waals surface area (Å²) in [6, 6.07) is 27.7. The maximum atomic E-state index is 13.4. The molecule has 1 saturated heterocycles. The second kappa shape index (κ2) is 22.6. The van der Waals surface area contributed by atoms with Gasteiger partial charge in [-0.15, -0.1) is 0 Å². The standard InChI is InChI=1S/C46H59N8O9P/c1-31(2)54(32(3)4)64(61-25-13-24-47)63-40-38(62-44(41(40)59-27-26-56-7)53-30-48-39-42(53)50-45(51-43(39)55)49-29-52(5)6)28-60-46(33-14-11-10-12-15-33,34-16-20-36(57-8)21-17-34)35-18-22-37(58-9)23-19-35/h10-12,14-23,29-32,38,40-41,44H,13,25-28H2,1-9H3,(H,50,51,55)/b49-29+/t38-,40+,41+,44-,64?/m1/s1. The zero-order valence-corrected chi connectivity index (χ0v) is 38.8. The fourth-order valence-corrected chi connectivity index (χ4v) is 9.42. The first kappa shape index (κ1) is 48.2. The second-order valence-electron chi connectivity index (χ2n) is 15.7. The Hall–Kier alpha value is -5.28. The molecule has 0 amide bonds. The number of aliphatic imine (C=N–C) groups is 1. The number of aromatic nitrogens is 4. The van der Waals surface area contributed by atoms with Crippen molar-refractivity contribution in [3.63, 3.8) is 0 Å². The molecule has 3 heterocycles. The number of rotatable bonds is 23. The van der Waals surface area contributed by atoms with Crippen molar-refractivity contribution in [3.05, 3.63) is 112 Å². The van der Waals surface area contributed by atoms with Crippen LogP contribution >= 0.6 is 8.53 Å². The van der Waals surface area contributed by atoms with Crippen LogP contribution in [0.2, 0.25) is 0 Å². The van der Waals surface area contributed by atoms with Crippen molar-refractivity contribution >= 4 is 32.0 Å². The first-order chi connectivity index (χ1) is 30.9. The van der Waals surface area contributed by atoms with E-state index in [2.05, 4.69) is 53.4 Å². The smallest absolute Gasteiger partial charge is 0.280 e. The number of hydrogen-bond donors (Lipinski definition) is 1. The van der Waals surface area contributed by atoms with E-state index in [1.54, 1.807) is 37.1 Å². The minimum atomic E-state index is -1.82. The fraction of sp³-hybridized carbons (Fsp3) is 0.457. The zero-order chi connectivity index (χ0) is 45.8. The highest BCUT2D eigenvalue weighted by Gasteiger charge is 2.52. The predicted octanol–water partition coefficient (Wildman–Crippen LogP) is 6.96. The number of benzene rings is 3. The van der Waals surface area contributed by atoms with E-state index in [-0.39, 0.29) is 62.0 Å². The van der Waals surface area contributed by atoms with Crippen LogP contribution in [0.3, 0.4) is 0 Å². The van der Waals surface area contributed by atoms with Gasteiger partial charge in [0.05, 0.1) is 65.8 Å². The van der Waals surface area contributed by atoms with E-state index in [9.17, 15) is 10.1 Å². The Labute approximate surface area is 375 Å². The van der Waals surface area contributed by atoms with Crippen LogP contribution in [0.4, 0.5) is 5.95 Å². The van der Waals surface area contributed by atoms with Gasteiger partial charge in [0.1, 0.15) is 35.4 Å². The SMILES string of the molecule is COCCO[C@H]1[C@@H](OP(OCCC#N)N(C(C)C)C(C)C)[C@@H](COC(c2ccccc2)(c2ccc(OC)cc2)c2ccc(OC)cc2)O[C@H]1n1cnc2c(=O)[nH]c(/N=C/N(C)C)nc21. The zero-order valence-electron chi connectivity index (χ0n) is 37.9. The van der Waals surface area contributed by atoms with Crippen LogP contribution in [0.5, 0.6) is 11.5 Å². The maximum Gasteiger partial charge on any atom is 0.280 e. The highest BCUT2D eigenvalue weighted by molar-refractivity contribution is 7.44. The Morgan fingerprint density at radius 3 is 2.09 bits per heavy atom. The largest absolute Gasteiger partial charge is 0.497 e. The number of imidazole rings is 1.